The largest absolute Gasteiger partial charge is 0.462 e. The van der Waals surface area contributed by atoms with Crippen LogP contribution >= 0.6 is 11.6 Å². The SMILES string of the molecule is CCOC(=O)/C(=C\c1ccc(Cl)nc1)C(=O)c1ccccc1. The number of pyridine rings is 1. The Kier molecular flexibility index (Phi) is 5.44. The second-order valence-corrected chi connectivity index (χ2v) is 4.78. The van der Waals surface area contributed by atoms with Gasteiger partial charge in [0.25, 0.3) is 0 Å². The van der Waals surface area contributed by atoms with Gasteiger partial charge in [0, 0.05) is 11.8 Å². The van der Waals surface area contributed by atoms with E-state index in [-0.39, 0.29) is 12.2 Å². The van der Waals surface area contributed by atoms with Gasteiger partial charge in [-0.3, -0.25) is 4.79 Å². The van der Waals surface area contributed by atoms with Crippen LogP contribution in [0, 0.1) is 0 Å². The van der Waals surface area contributed by atoms with Crippen molar-refractivity contribution in [2.24, 2.45) is 0 Å². The Balaban J connectivity index is 2.40. The lowest BCUT2D eigenvalue weighted by molar-refractivity contribution is -0.137. The Morgan fingerprint density at radius 2 is 1.91 bits per heavy atom. The van der Waals surface area contributed by atoms with Gasteiger partial charge >= 0.3 is 5.97 Å². The zero-order valence-corrected chi connectivity index (χ0v) is 12.7. The first-order chi connectivity index (χ1) is 10.6. The van der Waals surface area contributed by atoms with Crippen LogP contribution in [0.3, 0.4) is 0 Å². The highest BCUT2D eigenvalue weighted by molar-refractivity contribution is 6.29. The molecule has 0 aliphatic carbocycles. The Bertz CT molecular complexity index is 694. The lowest BCUT2D eigenvalue weighted by Crippen LogP contribution is -2.16. The number of ether oxygens (including phenoxy) is 1. The molecule has 0 spiro atoms. The molecule has 5 heteroatoms. The van der Waals surface area contributed by atoms with Gasteiger partial charge in [-0.1, -0.05) is 48.0 Å². The zero-order chi connectivity index (χ0) is 15.9. The molecule has 0 fully saturated rings. The van der Waals surface area contributed by atoms with E-state index in [0.29, 0.717) is 16.3 Å². The predicted molar refractivity (Wildman–Crippen MR) is 84.6 cm³/mol. The van der Waals surface area contributed by atoms with E-state index in [1.807, 2.05) is 0 Å². The van der Waals surface area contributed by atoms with Crippen molar-refractivity contribution in [2.45, 2.75) is 6.92 Å². The molecule has 0 saturated carbocycles. The summed E-state index contributed by atoms with van der Waals surface area (Å²) in [5.74, 6) is -1.06. The van der Waals surface area contributed by atoms with E-state index >= 15 is 0 Å². The summed E-state index contributed by atoms with van der Waals surface area (Å²) in [5, 5.41) is 0.337. The maximum Gasteiger partial charge on any atom is 0.342 e. The Morgan fingerprint density at radius 3 is 2.50 bits per heavy atom. The molecule has 0 aliphatic heterocycles. The number of Topliss-reactive ketones (excluding diaryl/α,β-unsaturated/α-hetero) is 1. The normalized spacial score (nSPS) is 11.1. The van der Waals surface area contributed by atoms with Gasteiger partial charge in [0.1, 0.15) is 10.7 Å². The van der Waals surface area contributed by atoms with E-state index in [2.05, 4.69) is 4.98 Å². The number of aromatic nitrogens is 1. The first-order valence-corrected chi connectivity index (χ1v) is 7.09. The molecule has 0 aliphatic rings. The number of esters is 1. The minimum Gasteiger partial charge on any atom is -0.462 e. The molecule has 4 nitrogen and oxygen atoms in total. The number of benzene rings is 1. The quantitative estimate of drug-likeness (QED) is 0.211. The number of halogens is 1. The highest BCUT2D eigenvalue weighted by Crippen LogP contribution is 2.15. The van der Waals surface area contributed by atoms with Gasteiger partial charge in [-0.05, 0) is 24.6 Å². The third-order valence-electron chi connectivity index (χ3n) is 2.84. The molecule has 2 rings (SSSR count). The highest BCUT2D eigenvalue weighted by atomic mass is 35.5. The summed E-state index contributed by atoms with van der Waals surface area (Å²) >= 11 is 5.73. The summed E-state index contributed by atoms with van der Waals surface area (Å²) < 4.78 is 4.97. The van der Waals surface area contributed by atoms with Crippen molar-refractivity contribution in [1.29, 1.82) is 0 Å². The molecule has 0 amide bonds. The van der Waals surface area contributed by atoms with E-state index in [1.165, 1.54) is 12.3 Å². The van der Waals surface area contributed by atoms with Gasteiger partial charge in [-0.15, -0.1) is 0 Å². The lowest BCUT2D eigenvalue weighted by atomic mass is 10.0. The van der Waals surface area contributed by atoms with Crippen LogP contribution in [0.1, 0.15) is 22.8 Å². The van der Waals surface area contributed by atoms with Crippen molar-refractivity contribution in [3.8, 4) is 0 Å². The van der Waals surface area contributed by atoms with E-state index in [9.17, 15) is 9.59 Å². The molecule has 0 radical (unpaired) electrons. The van der Waals surface area contributed by atoms with Crippen LogP contribution in [0.4, 0.5) is 0 Å². The summed E-state index contributed by atoms with van der Waals surface area (Å²) in [6, 6.07) is 11.8. The topological polar surface area (TPSA) is 56.3 Å². The summed E-state index contributed by atoms with van der Waals surface area (Å²) in [6.45, 7) is 1.88. The second-order valence-electron chi connectivity index (χ2n) is 4.39. The molecule has 0 N–H and O–H groups in total. The third kappa shape index (κ3) is 4.02. The predicted octanol–water partition coefficient (Wildman–Crippen LogP) is 3.56. The number of ketones is 1. The fourth-order valence-corrected chi connectivity index (χ4v) is 1.92. The maximum absolute atomic E-state index is 12.5. The minimum absolute atomic E-state index is 0.0443. The van der Waals surface area contributed by atoms with Crippen molar-refractivity contribution < 1.29 is 14.3 Å². The van der Waals surface area contributed by atoms with Crippen LogP contribution in [-0.4, -0.2) is 23.3 Å². The van der Waals surface area contributed by atoms with E-state index < -0.39 is 11.8 Å². The summed E-state index contributed by atoms with van der Waals surface area (Å²) in [4.78, 5) is 28.5. The number of carbonyl (C=O) groups is 2. The summed E-state index contributed by atoms with van der Waals surface area (Å²) in [7, 11) is 0. The molecular formula is C17H14ClNO3. The molecule has 1 aromatic carbocycles. The Morgan fingerprint density at radius 1 is 1.18 bits per heavy atom. The molecule has 0 unspecified atom stereocenters. The first kappa shape index (κ1) is 15.9. The third-order valence-corrected chi connectivity index (χ3v) is 3.06. The van der Waals surface area contributed by atoms with Crippen LogP contribution in [0.2, 0.25) is 5.15 Å². The maximum atomic E-state index is 12.5. The summed E-state index contributed by atoms with van der Waals surface area (Å²) in [5.41, 5.74) is 0.970. The van der Waals surface area contributed by atoms with Crippen molar-refractivity contribution in [1.82, 2.24) is 4.98 Å². The monoisotopic (exact) mass is 315 g/mol. The number of nitrogens with zero attached hydrogens (tertiary/aromatic N) is 1. The Hall–Kier alpha value is -2.46. The zero-order valence-electron chi connectivity index (χ0n) is 12.0. The molecule has 2 aromatic rings. The van der Waals surface area contributed by atoms with Crippen LogP contribution < -0.4 is 0 Å². The van der Waals surface area contributed by atoms with Crippen molar-refractivity contribution in [3.63, 3.8) is 0 Å². The van der Waals surface area contributed by atoms with Crippen LogP contribution in [0.5, 0.6) is 0 Å². The van der Waals surface area contributed by atoms with Crippen LogP contribution in [-0.2, 0) is 9.53 Å². The van der Waals surface area contributed by atoms with Crippen LogP contribution in [0.25, 0.3) is 6.08 Å². The van der Waals surface area contributed by atoms with E-state index in [4.69, 9.17) is 16.3 Å². The van der Waals surface area contributed by atoms with Crippen molar-refractivity contribution in [3.05, 3.63) is 70.5 Å². The standard InChI is InChI=1S/C17H14ClNO3/c1-2-22-17(21)14(10-12-8-9-15(18)19-11-12)16(20)13-6-4-3-5-7-13/h3-11H,2H2,1H3/b14-10-. The molecular weight excluding hydrogens is 302 g/mol. The molecule has 22 heavy (non-hydrogen) atoms. The van der Waals surface area contributed by atoms with E-state index in [0.717, 1.165) is 0 Å². The van der Waals surface area contributed by atoms with Crippen molar-refractivity contribution in [2.75, 3.05) is 6.61 Å². The molecule has 1 heterocycles. The smallest absolute Gasteiger partial charge is 0.342 e. The number of rotatable bonds is 5. The van der Waals surface area contributed by atoms with Crippen molar-refractivity contribution >= 4 is 29.4 Å². The van der Waals surface area contributed by atoms with E-state index in [1.54, 1.807) is 49.4 Å². The van der Waals surface area contributed by atoms with Gasteiger partial charge in [0.2, 0.25) is 0 Å². The first-order valence-electron chi connectivity index (χ1n) is 6.72. The summed E-state index contributed by atoms with van der Waals surface area (Å²) in [6.07, 6.45) is 2.94. The van der Waals surface area contributed by atoms with Gasteiger partial charge in [-0.25, -0.2) is 9.78 Å². The Labute approximate surface area is 133 Å². The van der Waals surface area contributed by atoms with Gasteiger partial charge in [-0.2, -0.15) is 0 Å². The van der Waals surface area contributed by atoms with Crippen LogP contribution in [0.15, 0.2) is 54.2 Å². The number of hydrogen-bond acceptors (Lipinski definition) is 4. The minimum atomic E-state index is -0.661. The lowest BCUT2D eigenvalue weighted by Gasteiger charge is -2.06. The molecule has 112 valence electrons. The number of hydrogen-bond donors (Lipinski definition) is 0. The average Bonchev–Trinajstić information content (AvgIpc) is 2.54. The average molecular weight is 316 g/mol. The van der Waals surface area contributed by atoms with Gasteiger partial charge in [0.05, 0.1) is 6.61 Å². The fourth-order valence-electron chi connectivity index (χ4n) is 1.81. The second kappa shape index (κ2) is 7.52. The van der Waals surface area contributed by atoms with Gasteiger partial charge in [0.15, 0.2) is 5.78 Å². The molecule has 1 aromatic heterocycles. The molecule has 0 bridgehead atoms. The van der Waals surface area contributed by atoms with Gasteiger partial charge < -0.3 is 4.74 Å². The number of carbonyl (C=O) groups excluding carboxylic acids is 2. The molecule has 0 atom stereocenters. The highest BCUT2D eigenvalue weighted by Gasteiger charge is 2.21. The fraction of sp³-hybridized carbons (Fsp3) is 0.118. The molecule has 0 saturated heterocycles.